The largest absolute Gasteiger partial charge is 0.278 e. The van der Waals surface area contributed by atoms with Crippen LogP contribution in [0, 0.1) is 0 Å². The molecule has 0 aromatic carbocycles. The Kier molecular flexibility index (Phi) is 5.81. The minimum atomic E-state index is -1.59. The summed E-state index contributed by atoms with van der Waals surface area (Å²) in [6.07, 6.45) is 1.95. The van der Waals surface area contributed by atoms with E-state index < -0.39 is 10.3 Å². The molecule has 0 saturated heterocycles. The van der Waals surface area contributed by atoms with Gasteiger partial charge >= 0.3 is 0 Å². The van der Waals surface area contributed by atoms with Crippen molar-refractivity contribution in [2.75, 3.05) is 6.61 Å². The van der Waals surface area contributed by atoms with Crippen LogP contribution in [0.3, 0.4) is 0 Å². The van der Waals surface area contributed by atoms with E-state index in [0.717, 1.165) is 12.8 Å². The van der Waals surface area contributed by atoms with E-state index in [1.165, 1.54) is 0 Å². The lowest BCUT2D eigenvalue weighted by molar-refractivity contribution is 0.345. The molecule has 0 heterocycles. The molecule has 2 nitrogen and oxygen atoms in total. The van der Waals surface area contributed by atoms with E-state index in [1.54, 1.807) is 0 Å². The number of rotatable bonds is 4. The van der Waals surface area contributed by atoms with Gasteiger partial charge in [0.1, 0.15) is 0 Å². The fourth-order valence-corrected chi connectivity index (χ4v) is 0.707. The fourth-order valence-electron chi connectivity index (χ4n) is 0.269. The van der Waals surface area contributed by atoms with E-state index in [9.17, 15) is 4.21 Å². The van der Waals surface area contributed by atoms with E-state index in [0.29, 0.717) is 6.61 Å². The van der Waals surface area contributed by atoms with Crippen LogP contribution in [0.1, 0.15) is 19.8 Å². The number of halogens is 1. The highest BCUT2D eigenvalue weighted by Gasteiger charge is 1.89. The molecule has 0 saturated carbocycles. The van der Waals surface area contributed by atoms with Crippen molar-refractivity contribution in [3.63, 3.8) is 0 Å². The van der Waals surface area contributed by atoms with Crippen LogP contribution in [0.15, 0.2) is 0 Å². The van der Waals surface area contributed by atoms with Gasteiger partial charge in [0.25, 0.3) is 10.3 Å². The molecule has 0 aliphatic rings. The molecule has 0 spiro atoms. The summed E-state index contributed by atoms with van der Waals surface area (Å²) in [7, 11) is 3.37. The highest BCUT2D eigenvalue weighted by atomic mass is 35.7. The summed E-state index contributed by atoms with van der Waals surface area (Å²) < 4.78 is 14.5. The first-order chi connectivity index (χ1) is 3.77. The van der Waals surface area contributed by atoms with Crippen LogP contribution in [-0.2, 0) is 14.5 Å². The Balaban J connectivity index is 2.82. The Bertz CT molecular complexity index is 76.4. The Labute approximate surface area is 56.3 Å². The maximum absolute atomic E-state index is 9.97. The second-order valence-corrected chi connectivity index (χ2v) is 2.75. The van der Waals surface area contributed by atoms with Crippen molar-refractivity contribution < 1.29 is 8.39 Å². The van der Waals surface area contributed by atoms with Gasteiger partial charge in [-0.2, -0.15) is 0 Å². The lowest BCUT2D eigenvalue weighted by Gasteiger charge is -1.92. The predicted molar refractivity (Wildman–Crippen MR) is 34.9 cm³/mol. The summed E-state index contributed by atoms with van der Waals surface area (Å²) >= 11 is 0. The van der Waals surface area contributed by atoms with E-state index in [-0.39, 0.29) is 0 Å². The topological polar surface area (TPSA) is 26.3 Å². The van der Waals surface area contributed by atoms with Gasteiger partial charge in [0, 0.05) is 10.7 Å². The fraction of sp³-hybridized carbons (Fsp3) is 1.00. The van der Waals surface area contributed by atoms with Crippen molar-refractivity contribution in [2.24, 2.45) is 0 Å². The molecular weight excluding hydrogens is 148 g/mol. The summed E-state index contributed by atoms with van der Waals surface area (Å²) in [6.45, 7) is 2.52. The number of unbranched alkanes of at least 4 members (excludes halogenated alkanes) is 1. The Hall–Kier alpha value is 0.400. The third-order valence-electron chi connectivity index (χ3n) is 0.674. The molecule has 4 heteroatoms. The zero-order valence-electron chi connectivity index (χ0n) is 4.72. The molecular formula is C4H9ClO2S. The Morgan fingerprint density at radius 2 is 2.38 bits per heavy atom. The van der Waals surface area contributed by atoms with Crippen LogP contribution < -0.4 is 0 Å². The van der Waals surface area contributed by atoms with Crippen molar-refractivity contribution >= 4 is 21.0 Å². The monoisotopic (exact) mass is 156 g/mol. The average molecular weight is 157 g/mol. The van der Waals surface area contributed by atoms with Gasteiger partial charge in [0.15, 0.2) is 0 Å². The van der Waals surface area contributed by atoms with Crippen molar-refractivity contribution in [1.29, 1.82) is 0 Å². The molecule has 0 fully saturated rings. The van der Waals surface area contributed by atoms with E-state index in [4.69, 9.17) is 10.7 Å². The van der Waals surface area contributed by atoms with Gasteiger partial charge in [0.2, 0.25) is 0 Å². The zero-order chi connectivity index (χ0) is 6.41. The van der Waals surface area contributed by atoms with Crippen LogP contribution in [-0.4, -0.2) is 10.8 Å². The highest BCUT2D eigenvalue weighted by molar-refractivity contribution is 8.04. The molecule has 0 aromatic heterocycles. The lowest BCUT2D eigenvalue weighted by atomic mass is 10.4. The normalized spacial score (nSPS) is 13.8. The minimum Gasteiger partial charge on any atom is -0.278 e. The van der Waals surface area contributed by atoms with Crippen molar-refractivity contribution in [3.8, 4) is 0 Å². The van der Waals surface area contributed by atoms with Crippen molar-refractivity contribution in [2.45, 2.75) is 19.8 Å². The molecule has 1 atom stereocenters. The number of hydrogen-bond donors (Lipinski definition) is 0. The molecule has 0 N–H and O–H groups in total. The maximum atomic E-state index is 9.97. The number of hydrogen-bond acceptors (Lipinski definition) is 2. The first-order valence-corrected chi connectivity index (χ1v) is 4.38. The summed E-state index contributed by atoms with van der Waals surface area (Å²) in [5.74, 6) is 0. The zero-order valence-corrected chi connectivity index (χ0v) is 6.30. The van der Waals surface area contributed by atoms with Crippen LogP contribution in [0.2, 0.25) is 0 Å². The predicted octanol–water partition coefficient (Wildman–Crippen LogP) is 1.62. The van der Waals surface area contributed by atoms with E-state index >= 15 is 0 Å². The van der Waals surface area contributed by atoms with Crippen LogP contribution in [0.25, 0.3) is 0 Å². The van der Waals surface area contributed by atoms with Crippen molar-refractivity contribution in [1.82, 2.24) is 0 Å². The minimum absolute atomic E-state index is 0.493. The molecule has 0 rings (SSSR count). The first-order valence-electron chi connectivity index (χ1n) is 2.48. The molecule has 0 amide bonds. The van der Waals surface area contributed by atoms with Gasteiger partial charge in [-0.3, -0.25) is 4.18 Å². The third-order valence-corrected chi connectivity index (χ3v) is 1.29. The second-order valence-electron chi connectivity index (χ2n) is 1.37. The Morgan fingerprint density at radius 3 is 2.75 bits per heavy atom. The van der Waals surface area contributed by atoms with Gasteiger partial charge in [-0.15, -0.1) is 0 Å². The van der Waals surface area contributed by atoms with Gasteiger partial charge in [-0.25, -0.2) is 4.21 Å². The first kappa shape index (κ1) is 8.40. The standard InChI is InChI=1S/C4H9ClO2S/c1-2-3-4-7-8(5)6/h2-4H2,1H3. The van der Waals surface area contributed by atoms with Crippen LogP contribution >= 0.6 is 10.7 Å². The molecule has 8 heavy (non-hydrogen) atoms. The quantitative estimate of drug-likeness (QED) is 0.457. The van der Waals surface area contributed by atoms with Crippen LogP contribution in [0.4, 0.5) is 0 Å². The maximum Gasteiger partial charge on any atom is 0.255 e. The van der Waals surface area contributed by atoms with E-state index in [2.05, 4.69) is 4.18 Å². The van der Waals surface area contributed by atoms with Crippen molar-refractivity contribution in [3.05, 3.63) is 0 Å². The molecule has 1 unspecified atom stereocenters. The van der Waals surface area contributed by atoms with Gasteiger partial charge in [0.05, 0.1) is 6.61 Å². The lowest BCUT2D eigenvalue weighted by Crippen LogP contribution is -1.91. The van der Waals surface area contributed by atoms with Gasteiger partial charge in [-0.05, 0) is 6.42 Å². The summed E-state index contributed by atoms with van der Waals surface area (Å²) in [5.41, 5.74) is 0. The molecule has 0 bridgehead atoms. The summed E-state index contributed by atoms with van der Waals surface area (Å²) in [6, 6.07) is 0. The average Bonchev–Trinajstić information content (AvgIpc) is 1.66. The third kappa shape index (κ3) is 6.40. The molecule has 0 radical (unpaired) electrons. The Morgan fingerprint density at radius 1 is 1.75 bits per heavy atom. The smallest absolute Gasteiger partial charge is 0.255 e. The molecule has 0 aromatic rings. The molecule has 0 aliphatic carbocycles. The van der Waals surface area contributed by atoms with E-state index in [1.807, 2.05) is 6.92 Å². The van der Waals surface area contributed by atoms with Crippen LogP contribution in [0.5, 0.6) is 0 Å². The summed E-state index contributed by atoms with van der Waals surface area (Å²) in [4.78, 5) is 0. The highest BCUT2D eigenvalue weighted by Crippen LogP contribution is 1.94. The summed E-state index contributed by atoms with van der Waals surface area (Å²) in [5, 5.41) is 0. The SMILES string of the molecule is CCCCOS(=O)Cl. The van der Waals surface area contributed by atoms with Gasteiger partial charge in [-0.1, -0.05) is 13.3 Å². The van der Waals surface area contributed by atoms with Gasteiger partial charge < -0.3 is 0 Å². The molecule has 50 valence electrons. The second kappa shape index (κ2) is 5.54. The molecule has 0 aliphatic heterocycles.